The summed E-state index contributed by atoms with van der Waals surface area (Å²) in [6.07, 6.45) is 6.10. The van der Waals surface area contributed by atoms with Gasteiger partial charge in [0.1, 0.15) is 0 Å². The van der Waals surface area contributed by atoms with Gasteiger partial charge in [-0.2, -0.15) is 0 Å². The summed E-state index contributed by atoms with van der Waals surface area (Å²) in [5, 5.41) is 5.85. The maximum Gasteiger partial charge on any atom is 0.255 e. The van der Waals surface area contributed by atoms with Gasteiger partial charge in [0.15, 0.2) is 9.84 Å². The minimum absolute atomic E-state index is 0.00872. The number of nitrogens with one attached hydrogen (secondary N) is 2. The Bertz CT molecular complexity index is 1040. The number of carbonyl (C=O) groups excluding carboxylic acids is 2. The van der Waals surface area contributed by atoms with Crippen molar-refractivity contribution in [3.63, 3.8) is 0 Å². The van der Waals surface area contributed by atoms with Crippen molar-refractivity contribution in [2.45, 2.75) is 37.0 Å². The highest BCUT2D eigenvalue weighted by Crippen LogP contribution is 2.35. The van der Waals surface area contributed by atoms with E-state index in [0.29, 0.717) is 5.69 Å². The molecule has 3 rings (SSSR count). The quantitative estimate of drug-likeness (QED) is 0.632. The molecular weight excluding hydrogens is 447 g/mol. The predicted octanol–water partition coefficient (Wildman–Crippen LogP) is 5.17. The van der Waals surface area contributed by atoms with Crippen LogP contribution in [0.1, 0.15) is 42.5 Å². The molecule has 160 valence electrons. The SMILES string of the molecule is CS(=O)(=O)c1ccc(C(=O)Nc2c(Cl)cc(NC(=O)C3CCCCC3)cc2Cl)cc1. The van der Waals surface area contributed by atoms with Crippen LogP contribution in [0.25, 0.3) is 0 Å². The van der Waals surface area contributed by atoms with E-state index in [1.807, 2.05) is 0 Å². The molecule has 1 saturated carbocycles. The van der Waals surface area contributed by atoms with Gasteiger partial charge in [0.25, 0.3) is 5.91 Å². The highest BCUT2D eigenvalue weighted by Gasteiger charge is 2.22. The summed E-state index contributed by atoms with van der Waals surface area (Å²) in [6.45, 7) is 0. The number of sulfone groups is 1. The standard InChI is InChI=1S/C21H22Cl2N2O4S/c1-30(28,29)16-9-7-14(8-10-16)21(27)25-19-17(22)11-15(12-18(19)23)24-20(26)13-5-3-2-4-6-13/h7-13H,2-6H2,1H3,(H,24,26)(H,25,27). The van der Waals surface area contributed by atoms with E-state index in [1.165, 1.54) is 36.4 Å². The fourth-order valence-electron chi connectivity index (χ4n) is 3.41. The first-order valence-corrected chi connectivity index (χ1v) is 12.2. The molecule has 2 aromatic carbocycles. The van der Waals surface area contributed by atoms with Crippen LogP contribution in [0, 0.1) is 5.92 Å². The molecule has 30 heavy (non-hydrogen) atoms. The van der Waals surface area contributed by atoms with Gasteiger partial charge in [-0.1, -0.05) is 42.5 Å². The minimum atomic E-state index is -3.35. The van der Waals surface area contributed by atoms with Gasteiger partial charge in [-0.25, -0.2) is 8.42 Å². The molecule has 0 atom stereocenters. The molecule has 0 radical (unpaired) electrons. The Kier molecular flexibility index (Phi) is 7.06. The molecule has 2 amide bonds. The maximum atomic E-state index is 12.5. The fraction of sp³-hybridized carbons (Fsp3) is 0.333. The second kappa shape index (κ2) is 9.37. The highest BCUT2D eigenvalue weighted by atomic mass is 35.5. The van der Waals surface area contributed by atoms with E-state index < -0.39 is 15.7 Å². The third kappa shape index (κ3) is 5.53. The number of benzene rings is 2. The van der Waals surface area contributed by atoms with Crippen LogP contribution in [0.2, 0.25) is 10.0 Å². The fourth-order valence-corrected chi connectivity index (χ4v) is 4.63. The lowest BCUT2D eigenvalue weighted by Crippen LogP contribution is -2.24. The molecule has 0 aromatic heterocycles. The molecule has 6 nitrogen and oxygen atoms in total. The van der Waals surface area contributed by atoms with Crippen molar-refractivity contribution in [3.8, 4) is 0 Å². The third-order valence-corrected chi connectivity index (χ3v) is 6.79. The molecule has 2 N–H and O–H groups in total. The molecule has 2 aromatic rings. The van der Waals surface area contributed by atoms with Crippen molar-refractivity contribution >= 4 is 56.2 Å². The Morgan fingerprint density at radius 1 is 0.933 bits per heavy atom. The zero-order chi connectivity index (χ0) is 21.9. The predicted molar refractivity (Wildman–Crippen MR) is 119 cm³/mol. The second-order valence-electron chi connectivity index (χ2n) is 7.39. The second-order valence-corrected chi connectivity index (χ2v) is 10.2. The number of rotatable bonds is 5. The van der Waals surface area contributed by atoms with Crippen molar-refractivity contribution in [2.75, 3.05) is 16.9 Å². The van der Waals surface area contributed by atoms with E-state index in [-0.39, 0.29) is 38.0 Å². The first-order valence-electron chi connectivity index (χ1n) is 9.56. The van der Waals surface area contributed by atoms with Gasteiger partial charge < -0.3 is 10.6 Å². The molecule has 1 fully saturated rings. The van der Waals surface area contributed by atoms with Crippen LogP contribution in [0.4, 0.5) is 11.4 Å². The van der Waals surface area contributed by atoms with Gasteiger partial charge in [-0.15, -0.1) is 0 Å². The topological polar surface area (TPSA) is 92.3 Å². The van der Waals surface area contributed by atoms with Crippen LogP contribution in [0.5, 0.6) is 0 Å². The van der Waals surface area contributed by atoms with E-state index in [4.69, 9.17) is 23.2 Å². The lowest BCUT2D eigenvalue weighted by Gasteiger charge is -2.21. The van der Waals surface area contributed by atoms with E-state index in [1.54, 1.807) is 0 Å². The van der Waals surface area contributed by atoms with Crippen molar-refractivity contribution in [1.29, 1.82) is 0 Å². The normalized spacial score (nSPS) is 14.9. The molecule has 9 heteroatoms. The van der Waals surface area contributed by atoms with Crippen LogP contribution in [0.3, 0.4) is 0 Å². The Balaban J connectivity index is 1.72. The lowest BCUT2D eigenvalue weighted by molar-refractivity contribution is -0.120. The zero-order valence-corrected chi connectivity index (χ0v) is 18.7. The molecule has 0 saturated heterocycles. The van der Waals surface area contributed by atoms with Gasteiger partial charge in [-0.3, -0.25) is 9.59 Å². The summed E-state index contributed by atoms with van der Waals surface area (Å²) in [7, 11) is -3.35. The van der Waals surface area contributed by atoms with Crippen molar-refractivity contribution in [2.24, 2.45) is 5.92 Å². The summed E-state index contributed by atoms with van der Waals surface area (Å²) in [5.74, 6) is -0.548. The van der Waals surface area contributed by atoms with E-state index in [0.717, 1.165) is 38.4 Å². The molecule has 1 aliphatic carbocycles. The van der Waals surface area contributed by atoms with Gasteiger partial charge >= 0.3 is 0 Å². The van der Waals surface area contributed by atoms with Gasteiger partial charge in [0, 0.05) is 23.4 Å². The first-order chi connectivity index (χ1) is 14.1. The maximum absolute atomic E-state index is 12.5. The highest BCUT2D eigenvalue weighted by molar-refractivity contribution is 7.90. The monoisotopic (exact) mass is 468 g/mol. The lowest BCUT2D eigenvalue weighted by atomic mass is 9.88. The van der Waals surface area contributed by atoms with Crippen LogP contribution < -0.4 is 10.6 Å². The first kappa shape index (κ1) is 22.6. The Morgan fingerprint density at radius 2 is 1.50 bits per heavy atom. The minimum Gasteiger partial charge on any atom is -0.326 e. The molecular formula is C21H22Cl2N2O4S. The van der Waals surface area contributed by atoms with Crippen LogP contribution in [0.15, 0.2) is 41.3 Å². The number of carbonyl (C=O) groups is 2. The number of hydrogen-bond donors (Lipinski definition) is 2. The summed E-state index contributed by atoms with van der Waals surface area (Å²) in [4.78, 5) is 25.0. The summed E-state index contributed by atoms with van der Waals surface area (Å²) < 4.78 is 23.1. The Hall–Kier alpha value is -2.09. The van der Waals surface area contributed by atoms with Crippen LogP contribution in [-0.2, 0) is 14.6 Å². The number of anilines is 2. The summed E-state index contributed by atoms with van der Waals surface area (Å²) >= 11 is 12.6. The number of amides is 2. The van der Waals surface area contributed by atoms with Crippen molar-refractivity contribution < 1.29 is 18.0 Å². The Labute approximate surface area is 185 Å². The van der Waals surface area contributed by atoms with Crippen LogP contribution >= 0.6 is 23.2 Å². The van der Waals surface area contributed by atoms with Gasteiger partial charge in [0.2, 0.25) is 5.91 Å². The molecule has 0 spiro atoms. The third-order valence-electron chi connectivity index (χ3n) is 5.07. The van der Waals surface area contributed by atoms with Crippen molar-refractivity contribution in [3.05, 3.63) is 52.0 Å². The van der Waals surface area contributed by atoms with E-state index >= 15 is 0 Å². The molecule has 0 aliphatic heterocycles. The van der Waals surface area contributed by atoms with Gasteiger partial charge in [-0.05, 0) is 49.2 Å². The van der Waals surface area contributed by atoms with E-state index in [9.17, 15) is 18.0 Å². The molecule has 0 heterocycles. The zero-order valence-electron chi connectivity index (χ0n) is 16.4. The molecule has 1 aliphatic rings. The summed E-state index contributed by atoms with van der Waals surface area (Å²) in [6, 6.07) is 8.61. The Morgan fingerprint density at radius 3 is 2.03 bits per heavy atom. The smallest absolute Gasteiger partial charge is 0.255 e. The number of hydrogen-bond acceptors (Lipinski definition) is 4. The van der Waals surface area contributed by atoms with Crippen LogP contribution in [-0.4, -0.2) is 26.5 Å². The van der Waals surface area contributed by atoms with E-state index in [2.05, 4.69) is 10.6 Å². The van der Waals surface area contributed by atoms with Crippen molar-refractivity contribution in [1.82, 2.24) is 0 Å². The van der Waals surface area contributed by atoms with Gasteiger partial charge in [0.05, 0.1) is 20.6 Å². The molecule has 0 unspecified atom stereocenters. The summed E-state index contributed by atoms with van der Waals surface area (Å²) in [5.41, 5.74) is 0.937. The average Bonchev–Trinajstić information content (AvgIpc) is 2.70. The largest absolute Gasteiger partial charge is 0.326 e. The average molecular weight is 469 g/mol. The molecule has 0 bridgehead atoms. The number of halogens is 2.